The lowest BCUT2D eigenvalue weighted by molar-refractivity contribution is -0.138. The minimum atomic E-state index is -1.32. The molecule has 0 amide bonds. The number of anilines is 1. The Morgan fingerprint density at radius 1 is 1.29 bits per heavy atom. The van der Waals surface area contributed by atoms with E-state index in [4.69, 9.17) is 10.2 Å². The van der Waals surface area contributed by atoms with Gasteiger partial charge in [-0.25, -0.2) is 4.79 Å². The number of benzene rings is 1. The summed E-state index contributed by atoms with van der Waals surface area (Å²) in [6.07, 6.45) is 0. The van der Waals surface area contributed by atoms with Gasteiger partial charge in [-0.05, 0) is 12.1 Å². The van der Waals surface area contributed by atoms with Gasteiger partial charge in [-0.1, -0.05) is 37.0 Å². The summed E-state index contributed by atoms with van der Waals surface area (Å²) in [5, 5.41) is 21.8. The molecule has 1 rings (SSSR count). The van der Waals surface area contributed by atoms with Crippen molar-refractivity contribution in [3.8, 4) is 0 Å². The fourth-order valence-corrected chi connectivity index (χ4v) is 2.62. The molecule has 17 heavy (non-hydrogen) atoms. The van der Waals surface area contributed by atoms with E-state index in [2.05, 4.69) is 25.0 Å². The number of aliphatic hydroxyl groups excluding tert-OH is 1. The highest BCUT2D eigenvalue weighted by Crippen LogP contribution is 2.09. The van der Waals surface area contributed by atoms with Crippen LogP contribution < -0.4 is 10.5 Å². The van der Waals surface area contributed by atoms with Gasteiger partial charge in [0.15, 0.2) is 0 Å². The first-order valence-electron chi connectivity index (χ1n) is 5.55. The average Bonchev–Trinajstić information content (AvgIpc) is 2.25. The second-order valence-electron chi connectivity index (χ2n) is 5.05. The molecule has 4 nitrogen and oxygen atoms in total. The van der Waals surface area contributed by atoms with Crippen LogP contribution in [0.4, 0.5) is 5.69 Å². The predicted octanol–water partition coefficient (Wildman–Crippen LogP) is 1.09. The van der Waals surface area contributed by atoms with Crippen LogP contribution in [0.15, 0.2) is 24.3 Å². The first-order valence-corrected chi connectivity index (χ1v) is 9.05. The van der Waals surface area contributed by atoms with Crippen molar-refractivity contribution in [1.82, 2.24) is 0 Å². The van der Waals surface area contributed by atoms with Gasteiger partial charge in [0, 0.05) is 5.69 Å². The molecule has 0 bridgehead atoms. The Morgan fingerprint density at radius 3 is 2.18 bits per heavy atom. The molecule has 0 heterocycles. The van der Waals surface area contributed by atoms with E-state index < -0.39 is 26.7 Å². The van der Waals surface area contributed by atoms with Crippen LogP contribution in [0.25, 0.3) is 0 Å². The van der Waals surface area contributed by atoms with Crippen LogP contribution in [-0.4, -0.2) is 36.9 Å². The van der Waals surface area contributed by atoms with Crippen molar-refractivity contribution in [3.05, 3.63) is 24.3 Å². The van der Waals surface area contributed by atoms with E-state index in [1.165, 1.54) is 5.19 Å². The van der Waals surface area contributed by atoms with Crippen LogP contribution in [0, 0.1) is 0 Å². The maximum atomic E-state index is 10.7. The SMILES string of the molecule is C[Si](C)(C)c1ccc(N[C@H](CO)C(=O)O)cc1. The van der Waals surface area contributed by atoms with Gasteiger partial charge < -0.3 is 15.5 Å². The van der Waals surface area contributed by atoms with Gasteiger partial charge >= 0.3 is 5.97 Å². The van der Waals surface area contributed by atoms with Gasteiger partial charge in [0.25, 0.3) is 0 Å². The van der Waals surface area contributed by atoms with Gasteiger partial charge in [-0.15, -0.1) is 0 Å². The van der Waals surface area contributed by atoms with Gasteiger partial charge in [0.1, 0.15) is 6.04 Å². The summed E-state index contributed by atoms with van der Waals surface area (Å²) in [7, 11) is -1.32. The third-order valence-electron chi connectivity index (χ3n) is 2.57. The summed E-state index contributed by atoms with van der Waals surface area (Å²) in [6, 6.07) is 6.81. The Labute approximate surface area is 102 Å². The van der Waals surface area contributed by atoms with Crippen LogP contribution in [0.3, 0.4) is 0 Å². The van der Waals surface area contributed by atoms with E-state index >= 15 is 0 Å². The minimum Gasteiger partial charge on any atom is -0.480 e. The summed E-state index contributed by atoms with van der Waals surface area (Å²) in [4.78, 5) is 10.7. The average molecular weight is 253 g/mol. The highest BCUT2D eigenvalue weighted by Gasteiger charge is 2.17. The standard InChI is InChI=1S/C12H19NO3Si/c1-17(2,3)10-6-4-9(5-7-10)13-11(8-14)12(15)16/h4-7,11,13-14H,8H2,1-3H3,(H,15,16)/t11-/m1/s1. The molecular weight excluding hydrogens is 234 g/mol. The number of aliphatic hydroxyl groups is 1. The Bertz CT molecular complexity index is 384. The van der Waals surface area contributed by atoms with Crippen LogP contribution in [-0.2, 0) is 4.79 Å². The molecule has 94 valence electrons. The zero-order chi connectivity index (χ0) is 13.1. The molecule has 0 fully saturated rings. The van der Waals surface area contributed by atoms with Crippen molar-refractivity contribution >= 4 is 24.9 Å². The molecule has 3 N–H and O–H groups in total. The van der Waals surface area contributed by atoms with Crippen molar-refractivity contribution in [2.45, 2.75) is 25.7 Å². The monoisotopic (exact) mass is 253 g/mol. The van der Waals surface area contributed by atoms with Crippen molar-refractivity contribution in [2.24, 2.45) is 0 Å². The van der Waals surface area contributed by atoms with E-state index in [-0.39, 0.29) is 0 Å². The number of nitrogens with one attached hydrogen (secondary N) is 1. The largest absolute Gasteiger partial charge is 0.480 e. The molecule has 0 aromatic heterocycles. The second-order valence-corrected chi connectivity index (χ2v) is 10.1. The number of carboxylic acid groups (broad SMARTS) is 1. The van der Waals surface area contributed by atoms with E-state index in [0.29, 0.717) is 5.69 Å². The first-order chi connectivity index (χ1) is 7.84. The van der Waals surface area contributed by atoms with E-state index in [1.54, 1.807) is 0 Å². The van der Waals surface area contributed by atoms with Crippen LogP contribution in [0.2, 0.25) is 19.6 Å². The molecule has 0 aliphatic carbocycles. The van der Waals surface area contributed by atoms with Crippen molar-refractivity contribution in [1.29, 1.82) is 0 Å². The molecule has 0 saturated carbocycles. The Morgan fingerprint density at radius 2 is 1.82 bits per heavy atom. The normalized spacial score (nSPS) is 13.2. The molecule has 0 radical (unpaired) electrons. The quantitative estimate of drug-likeness (QED) is 0.687. The third kappa shape index (κ3) is 3.87. The van der Waals surface area contributed by atoms with E-state index in [9.17, 15) is 4.79 Å². The lowest BCUT2D eigenvalue weighted by Gasteiger charge is -2.18. The number of aliphatic carboxylic acids is 1. The minimum absolute atomic E-state index is 0.425. The van der Waals surface area contributed by atoms with Gasteiger partial charge in [0.05, 0.1) is 14.7 Å². The first kappa shape index (κ1) is 13.7. The smallest absolute Gasteiger partial charge is 0.328 e. The molecule has 1 aromatic carbocycles. The van der Waals surface area contributed by atoms with E-state index in [0.717, 1.165) is 0 Å². The zero-order valence-corrected chi connectivity index (χ0v) is 11.4. The number of carbonyl (C=O) groups is 1. The number of hydrogen-bond donors (Lipinski definition) is 3. The summed E-state index contributed by atoms with van der Waals surface area (Å²) in [5.41, 5.74) is 0.716. The van der Waals surface area contributed by atoms with Gasteiger partial charge in [-0.3, -0.25) is 0 Å². The fourth-order valence-electron chi connectivity index (χ4n) is 1.45. The summed E-state index contributed by atoms with van der Waals surface area (Å²) in [6.45, 7) is 6.33. The van der Waals surface area contributed by atoms with Crippen LogP contribution in [0.1, 0.15) is 0 Å². The molecule has 5 heteroatoms. The molecule has 0 aliphatic heterocycles. The topological polar surface area (TPSA) is 69.6 Å². The fraction of sp³-hybridized carbons (Fsp3) is 0.417. The highest BCUT2D eigenvalue weighted by atomic mass is 28.3. The molecular formula is C12H19NO3Si. The molecule has 0 unspecified atom stereocenters. The number of rotatable bonds is 5. The lowest BCUT2D eigenvalue weighted by atomic mass is 10.2. The number of hydrogen-bond acceptors (Lipinski definition) is 3. The Balaban J connectivity index is 2.78. The van der Waals surface area contributed by atoms with Crippen molar-refractivity contribution in [3.63, 3.8) is 0 Å². The van der Waals surface area contributed by atoms with Gasteiger partial charge in [0.2, 0.25) is 0 Å². The highest BCUT2D eigenvalue weighted by molar-refractivity contribution is 6.88. The zero-order valence-electron chi connectivity index (χ0n) is 10.4. The summed E-state index contributed by atoms with van der Waals surface area (Å²) in [5.74, 6) is -1.05. The summed E-state index contributed by atoms with van der Waals surface area (Å²) < 4.78 is 0. The Kier molecular flexibility index (Phi) is 4.31. The lowest BCUT2D eigenvalue weighted by Crippen LogP contribution is -2.37. The van der Waals surface area contributed by atoms with Crippen molar-refractivity contribution in [2.75, 3.05) is 11.9 Å². The maximum absolute atomic E-state index is 10.7. The third-order valence-corrected chi connectivity index (χ3v) is 4.64. The van der Waals surface area contributed by atoms with E-state index in [1.807, 2.05) is 24.3 Å². The molecule has 1 aromatic rings. The van der Waals surface area contributed by atoms with Crippen LogP contribution in [0.5, 0.6) is 0 Å². The number of carboxylic acids is 1. The van der Waals surface area contributed by atoms with Gasteiger partial charge in [-0.2, -0.15) is 0 Å². The van der Waals surface area contributed by atoms with Crippen molar-refractivity contribution < 1.29 is 15.0 Å². The second kappa shape index (κ2) is 5.33. The molecule has 0 aliphatic rings. The summed E-state index contributed by atoms with van der Waals surface area (Å²) >= 11 is 0. The molecule has 0 saturated heterocycles. The predicted molar refractivity (Wildman–Crippen MR) is 71.6 cm³/mol. The molecule has 0 spiro atoms. The molecule has 1 atom stereocenters. The van der Waals surface area contributed by atoms with Crippen LogP contribution >= 0.6 is 0 Å². The maximum Gasteiger partial charge on any atom is 0.328 e. The Hall–Kier alpha value is -1.33.